The number of rotatable bonds is 6. The fraction of sp³-hybridized carbons (Fsp3) is 0.462. The molecule has 0 aliphatic carbocycles. The maximum Gasteiger partial charge on any atom is 0.317 e. The lowest BCUT2D eigenvalue weighted by molar-refractivity contribution is -0.136. The van der Waals surface area contributed by atoms with E-state index < -0.39 is 11.2 Å². The number of aryl methyl sites for hydroxylation is 1. The van der Waals surface area contributed by atoms with Crippen molar-refractivity contribution < 1.29 is 9.90 Å². The van der Waals surface area contributed by atoms with Crippen molar-refractivity contribution >= 4 is 17.7 Å². The molecule has 96 valence electrons. The molecule has 0 fully saturated rings. The van der Waals surface area contributed by atoms with Crippen molar-refractivity contribution in [2.75, 3.05) is 0 Å². The zero-order valence-corrected chi connectivity index (χ0v) is 11.3. The number of carboxylic acids is 1. The van der Waals surface area contributed by atoms with Gasteiger partial charge in [0.05, 0.1) is 5.56 Å². The van der Waals surface area contributed by atoms with Gasteiger partial charge in [-0.05, 0) is 25.0 Å². The molecule has 4 nitrogen and oxygen atoms in total. The van der Waals surface area contributed by atoms with Gasteiger partial charge in [-0.3, -0.25) is 4.79 Å². The summed E-state index contributed by atoms with van der Waals surface area (Å²) in [6.07, 6.45) is 2.31. The number of nitrogens with zero attached hydrogens (tertiary/aromatic N) is 2. The minimum Gasteiger partial charge on any atom is -0.480 e. The molecule has 1 unspecified atom stereocenters. The molecular weight excluding hydrogens is 248 g/mol. The molecule has 1 rings (SSSR count). The Balaban J connectivity index is 3.01. The van der Waals surface area contributed by atoms with Gasteiger partial charge in [0.1, 0.15) is 16.3 Å². The highest BCUT2D eigenvalue weighted by atomic mass is 32.2. The van der Waals surface area contributed by atoms with Crippen molar-refractivity contribution in [3.63, 3.8) is 0 Å². The number of pyridine rings is 1. The highest BCUT2D eigenvalue weighted by Crippen LogP contribution is 2.27. The number of thioether (sulfide) groups is 1. The van der Waals surface area contributed by atoms with Crippen LogP contribution < -0.4 is 0 Å². The third kappa shape index (κ3) is 3.74. The molecule has 0 aliphatic heterocycles. The molecule has 0 saturated carbocycles. The highest BCUT2D eigenvalue weighted by Gasteiger charge is 2.19. The number of nitriles is 1. The lowest BCUT2D eigenvalue weighted by Gasteiger charge is -2.10. The average Bonchev–Trinajstić information content (AvgIpc) is 2.36. The van der Waals surface area contributed by atoms with E-state index in [2.05, 4.69) is 18.0 Å². The fourth-order valence-electron chi connectivity index (χ4n) is 1.49. The molecule has 0 aliphatic rings. The van der Waals surface area contributed by atoms with Crippen molar-refractivity contribution in [2.45, 2.75) is 43.4 Å². The molecule has 0 spiro atoms. The maximum absolute atomic E-state index is 11.0. The van der Waals surface area contributed by atoms with E-state index in [9.17, 15) is 4.79 Å². The molecular formula is C13H16N2O2S. The summed E-state index contributed by atoms with van der Waals surface area (Å²) in [7, 11) is 0. The quantitative estimate of drug-likeness (QED) is 0.800. The van der Waals surface area contributed by atoms with Gasteiger partial charge in [-0.2, -0.15) is 5.26 Å². The van der Waals surface area contributed by atoms with E-state index >= 15 is 0 Å². The Morgan fingerprint density at radius 2 is 2.28 bits per heavy atom. The molecule has 0 bridgehead atoms. The third-order valence-corrected chi connectivity index (χ3v) is 3.80. The minimum atomic E-state index is -0.867. The Kier molecular flexibility index (Phi) is 5.66. The molecule has 1 heterocycles. The average molecular weight is 264 g/mol. The molecule has 1 N–H and O–H groups in total. The van der Waals surface area contributed by atoms with Crippen LogP contribution in [0.3, 0.4) is 0 Å². The van der Waals surface area contributed by atoms with Crippen LogP contribution in [0.25, 0.3) is 0 Å². The van der Waals surface area contributed by atoms with E-state index in [4.69, 9.17) is 10.4 Å². The molecule has 1 aromatic rings. The first kappa shape index (κ1) is 14.5. The van der Waals surface area contributed by atoms with Crippen LogP contribution >= 0.6 is 11.8 Å². The first-order chi connectivity index (χ1) is 8.62. The first-order valence-electron chi connectivity index (χ1n) is 5.91. The predicted molar refractivity (Wildman–Crippen MR) is 70.5 cm³/mol. The smallest absolute Gasteiger partial charge is 0.317 e. The molecule has 18 heavy (non-hydrogen) atoms. The molecule has 1 aromatic heterocycles. The summed E-state index contributed by atoms with van der Waals surface area (Å²) in [6.45, 7) is 3.87. The molecule has 0 saturated heterocycles. The standard InChI is InChI=1S/C13H16N2O2S/c1-3-5-10-7-6-9(8-14)12(15-10)18-11(4-2)13(16)17/h6-7,11H,3-5H2,1-2H3,(H,16,17). The highest BCUT2D eigenvalue weighted by molar-refractivity contribution is 8.00. The summed E-state index contributed by atoms with van der Waals surface area (Å²) in [5, 5.41) is 18.0. The zero-order chi connectivity index (χ0) is 13.5. The first-order valence-corrected chi connectivity index (χ1v) is 6.79. The zero-order valence-electron chi connectivity index (χ0n) is 10.5. The van der Waals surface area contributed by atoms with Gasteiger partial charge in [-0.15, -0.1) is 0 Å². The normalized spacial score (nSPS) is 11.8. The lowest BCUT2D eigenvalue weighted by Crippen LogP contribution is -2.15. The largest absolute Gasteiger partial charge is 0.480 e. The van der Waals surface area contributed by atoms with Crippen LogP contribution in [-0.2, 0) is 11.2 Å². The van der Waals surface area contributed by atoms with Crippen LogP contribution in [0.1, 0.15) is 37.9 Å². The van der Waals surface area contributed by atoms with Gasteiger partial charge in [-0.25, -0.2) is 4.98 Å². The van der Waals surface area contributed by atoms with Gasteiger partial charge < -0.3 is 5.11 Å². The Hall–Kier alpha value is -1.54. The van der Waals surface area contributed by atoms with Crippen molar-refractivity contribution in [2.24, 2.45) is 0 Å². The topological polar surface area (TPSA) is 74.0 Å². The SMILES string of the molecule is CCCc1ccc(C#N)c(SC(CC)C(=O)O)n1. The van der Waals surface area contributed by atoms with Crippen LogP contribution in [0.5, 0.6) is 0 Å². The van der Waals surface area contributed by atoms with Crippen molar-refractivity contribution in [3.8, 4) is 6.07 Å². The van der Waals surface area contributed by atoms with Crippen molar-refractivity contribution in [3.05, 3.63) is 23.4 Å². The van der Waals surface area contributed by atoms with Crippen LogP contribution in [0.15, 0.2) is 17.2 Å². The van der Waals surface area contributed by atoms with E-state index in [-0.39, 0.29) is 0 Å². The maximum atomic E-state index is 11.0. The Bertz CT molecular complexity index is 469. The second-order valence-corrected chi connectivity index (χ2v) is 5.06. The van der Waals surface area contributed by atoms with E-state index in [0.29, 0.717) is 17.0 Å². The number of hydrogen-bond acceptors (Lipinski definition) is 4. The van der Waals surface area contributed by atoms with Gasteiger partial charge >= 0.3 is 5.97 Å². The number of hydrogen-bond donors (Lipinski definition) is 1. The molecule has 0 aromatic carbocycles. The van der Waals surface area contributed by atoms with Gasteiger partial charge in [-0.1, -0.05) is 32.0 Å². The summed E-state index contributed by atoms with van der Waals surface area (Å²) in [5.41, 5.74) is 1.35. The molecule has 0 amide bonds. The second kappa shape index (κ2) is 7.02. The third-order valence-electron chi connectivity index (χ3n) is 2.44. The molecule has 5 heteroatoms. The van der Waals surface area contributed by atoms with Gasteiger partial charge in [0.15, 0.2) is 0 Å². The van der Waals surface area contributed by atoms with E-state index in [0.717, 1.165) is 30.3 Å². The number of aliphatic carboxylic acids is 1. The summed E-state index contributed by atoms with van der Waals surface area (Å²) in [4.78, 5) is 15.4. The fourth-order valence-corrected chi connectivity index (χ4v) is 2.44. The van der Waals surface area contributed by atoms with E-state index in [1.807, 2.05) is 13.0 Å². The van der Waals surface area contributed by atoms with Crippen LogP contribution in [0.2, 0.25) is 0 Å². The van der Waals surface area contributed by atoms with Crippen LogP contribution in [0.4, 0.5) is 0 Å². The van der Waals surface area contributed by atoms with Crippen LogP contribution in [-0.4, -0.2) is 21.3 Å². The Labute approximate surface area is 111 Å². The number of carbonyl (C=O) groups is 1. The number of aromatic nitrogens is 1. The van der Waals surface area contributed by atoms with Crippen molar-refractivity contribution in [1.29, 1.82) is 5.26 Å². The molecule has 0 radical (unpaired) electrons. The summed E-state index contributed by atoms with van der Waals surface area (Å²) in [6, 6.07) is 5.60. The summed E-state index contributed by atoms with van der Waals surface area (Å²) in [5.74, 6) is -0.867. The van der Waals surface area contributed by atoms with E-state index in [1.165, 1.54) is 0 Å². The van der Waals surface area contributed by atoms with E-state index in [1.54, 1.807) is 6.07 Å². The second-order valence-electron chi connectivity index (χ2n) is 3.87. The van der Waals surface area contributed by atoms with Gasteiger partial charge in [0, 0.05) is 5.69 Å². The van der Waals surface area contributed by atoms with Crippen molar-refractivity contribution in [1.82, 2.24) is 4.98 Å². The monoisotopic (exact) mass is 264 g/mol. The summed E-state index contributed by atoms with van der Waals surface area (Å²) >= 11 is 1.15. The number of carboxylic acid groups (broad SMARTS) is 1. The minimum absolute atomic E-state index is 0.444. The lowest BCUT2D eigenvalue weighted by atomic mass is 10.2. The van der Waals surface area contributed by atoms with Gasteiger partial charge in [0.2, 0.25) is 0 Å². The summed E-state index contributed by atoms with van der Waals surface area (Å²) < 4.78 is 0. The Morgan fingerprint density at radius 3 is 2.78 bits per heavy atom. The van der Waals surface area contributed by atoms with Gasteiger partial charge in [0.25, 0.3) is 0 Å². The molecule has 1 atom stereocenters. The predicted octanol–water partition coefficient (Wildman–Crippen LogP) is 2.86. The van der Waals surface area contributed by atoms with Crippen LogP contribution in [0, 0.1) is 11.3 Å². The Morgan fingerprint density at radius 1 is 1.56 bits per heavy atom.